The van der Waals surface area contributed by atoms with Crippen molar-refractivity contribution in [3.8, 4) is 5.13 Å². The van der Waals surface area contributed by atoms with Crippen LogP contribution in [0.25, 0.3) is 5.13 Å². The zero-order valence-electron chi connectivity index (χ0n) is 7.58. The van der Waals surface area contributed by atoms with E-state index in [9.17, 15) is 0 Å². The molecule has 0 aliphatic heterocycles. The van der Waals surface area contributed by atoms with Crippen LogP contribution in [0.15, 0.2) is 14.5 Å². The zero-order chi connectivity index (χ0) is 10.3. The van der Waals surface area contributed by atoms with Crippen LogP contribution in [0.5, 0.6) is 0 Å². The molecule has 2 aromatic rings. The Hall–Kier alpha value is -0.200. The highest BCUT2D eigenvalue weighted by atomic mass is 79.9. The number of thiazole rings is 1. The molecular weight excluding hydrogens is 330 g/mol. The van der Waals surface area contributed by atoms with Crippen LogP contribution in [-0.4, -0.2) is 14.8 Å². The van der Waals surface area contributed by atoms with Crippen molar-refractivity contribution >= 4 is 43.2 Å². The molecule has 0 bridgehead atoms. The summed E-state index contributed by atoms with van der Waals surface area (Å²) in [5.74, 6) is 0. The highest BCUT2D eigenvalue weighted by molar-refractivity contribution is 9.10. The van der Waals surface area contributed by atoms with Crippen molar-refractivity contribution in [2.45, 2.75) is 13.8 Å². The number of aryl methyl sites for hydroxylation is 1. The van der Waals surface area contributed by atoms with Crippen molar-refractivity contribution in [1.29, 1.82) is 0 Å². The lowest BCUT2D eigenvalue weighted by Crippen LogP contribution is -1.97. The fraction of sp³-hybridized carbons (Fsp3) is 0.250. The fourth-order valence-corrected chi connectivity index (χ4v) is 2.65. The lowest BCUT2D eigenvalue weighted by molar-refractivity contribution is 0.823. The molecule has 0 saturated carbocycles. The SMILES string of the molecule is Cc1nn(-c2nc(Br)cs2)c(C)c1Br. The summed E-state index contributed by atoms with van der Waals surface area (Å²) in [6.45, 7) is 3.98. The highest BCUT2D eigenvalue weighted by Gasteiger charge is 2.12. The molecule has 0 radical (unpaired) electrons. The predicted molar refractivity (Wildman–Crippen MR) is 64.1 cm³/mol. The molecule has 0 atom stereocenters. The fourth-order valence-electron chi connectivity index (χ4n) is 1.15. The Morgan fingerprint density at radius 2 is 2.07 bits per heavy atom. The maximum absolute atomic E-state index is 4.39. The van der Waals surface area contributed by atoms with Gasteiger partial charge in [0, 0.05) is 5.38 Å². The second-order valence-electron chi connectivity index (χ2n) is 2.85. The molecule has 3 nitrogen and oxygen atoms in total. The summed E-state index contributed by atoms with van der Waals surface area (Å²) >= 11 is 8.37. The molecule has 0 spiro atoms. The molecule has 0 fully saturated rings. The van der Waals surface area contributed by atoms with Gasteiger partial charge in [-0.3, -0.25) is 0 Å². The molecular formula is C8H7Br2N3S. The maximum atomic E-state index is 4.39. The van der Waals surface area contributed by atoms with Crippen LogP contribution < -0.4 is 0 Å². The minimum absolute atomic E-state index is 0.848. The lowest BCUT2D eigenvalue weighted by Gasteiger charge is -1.97. The van der Waals surface area contributed by atoms with E-state index in [1.54, 1.807) is 11.3 Å². The number of hydrogen-bond donors (Lipinski definition) is 0. The molecule has 0 aliphatic rings. The van der Waals surface area contributed by atoms with Gasteiger partial charge in [-0.25, -0.2) is 9.67 Å². The van der Waals surface area contributed by atoms with E-state index in [-0.39, 0.29) is 0 Å². The van der Waals surface area contributed by atoms with Crippen molar-refractivity contribution in [2.24, 2.45) is 0 Å². The minimum atomic E-state index is 0.848. The number of rotatable bonds is 1. The van der Waals surface area contributed by atoms with Crippen molar-refractivity contribution in [1.82, 2.24) is 14.8 Å². The van der Waals surface area contributed by atoms with Gasteiger partial charge in [0.25, 0.3) is 0 Å². The monoisotopic (exact) mass is 335 g/mol. The van der Waals surface area contributed by atoms with Crippen LogP contribution in [-0.2, 0) is 0 Å². The summed E-state index contributed by atoms with van der Waals surface area (Å²) < 4.78 is 3.74. The van der Waals surface area contributed by atoms with E-state index < -0.39 is 0 Å². The molecule has 0 aliphatic carbocycles. The van der Waals surface area contributed by atoms with E-state index in [1.165, 1.54) is 0 Å². The number of nitrogens with zero attached hydrogens (tertiary/aromatic N) is 3. The third kappa shape index (κ3) is 1.66. The number of aromatic nitrogens is 3. The summed E-state index contributed by atoms with van der Waals surface area (Å²) in [5.41, 5.74) is 2.05. The minimum Gasteiger partial charge on any atom is -0.211 e. The van der Waals surface area contributed by atoms with E-state index in [4.69, 9.17) is 0 Å². The lowest BCUT2D eigenvalue weighted by atomic mass is 10.4. The predicted octanol–water partition coefficient (Wildman–Crippen LogP) is 3.47. The van der Waals surface area contributed by atoms with Gasteiger partial charge in [0.2, 0.25) is 5.13 Å². The Morgan fingerprint density at radius 3 is 2.50 bits per heavy atom. The Balaban J connectivity index is 2.57. The van der Waals surface area contributed by atoms with Crippen molar-refractivity contribution in [3.63, 3.8) is 0 Å². The topological polar surface area (TPSA) is 30.7 Å². The van der Waals surface area contributed by atoms with Crippen molar-refractivity contribution in [3.05, 3.63) is 25.8 Å². The van der Waals surface area contributed by atoms with Crippen LogP contribution in [0, 0.1) is 13.8 Å². The molecule has 2 aromatic heterocycles. The first kappa shape index (κ1) is 10.3. The van der Waals surface area contributed by atoms with Gasteiger partial charge in [-0.2, -0.15) is 5.10 Å². The van der Waals surface area contributed by atoms with Crippen LogP contribution in [0.1, 0.15) is 11.4 Å². The van der Waals surface area contributed by atoms with Crippen LogP contribution in [0.3, 0.4) is 0 Å². The largest absolute Gasteiger partial charge is 0.211 e. The summed E-state index contributed by atoms with van der Waals surface area (Å²) in [4.78, 5) is 4.31. The van der Waals surface area contributed by atoms with Gasteiger partial charge in [-0.15, -0.1) is 11.3 Å². The Kier molecular flexibility index (Phi) is 2.77. The Labute approximate surface area is 102 Å². The second kappa shape index (κ2) is 3.75. The average molecular weight is 337 g/mol. The van der Waals surface area contributed by atoms with E-state index in [0.29, 0.717) is 0 Å². The molecule has 0 aromatic carbocycles. The van der Waals surface area contributed by atoms with Gasteiger partial charge in [0.15, 0.2) is 0 Å². The Morgan fingerprint density at radius 1 is 1.36 bits per heavy atom. The smallest absolute Gasteiger partial charge is 0.211 e. The normalized spacial score (nSPS) is 10.9. The van der Waals surface area contributed by atoms with Gasteiger partial charge < -0.3 is 0 Å². The molecule has 14 heavy (non-hydrogen) atoms. The maximum Gasteiger partial charge on any atom is 0.211 e. The van der Waals surface area contributed by atoms with E-state index >= 15 is 0 Å². The third-order valence-corrected chi connectivity index (χ3v) is 4.52. The van der Waals surface area contributed by atoms with Crippen LogP contribution >= 0.6 is 43.2 Å². The van der Waals surface area contributed by atoms with Crippen molar-refractivity contribution in [2.75, 3.05) is 0 Å². The summed E-state index contributed by atoms with van der Waals surface area (Å²) in [6, 6.07) is 0. The first-order valence-electron chi connectivity index (χ1n) is 3.92. The van der Waals surface area contributed by atoms with Gasteiger partial charge in [0.1, 0.15) is 4.60 Å². The quantitative estimate of drug-likeness (QED) is 0.798. The standard InChI is InChI=1S/C8H7Br2N3S/c1-4-7(10)5(2)13(12-4)8-11-6(9)3-14-8/h3H,1-2H3. The van der Waals surface area contributed by atoms with Gasteiger partial charge in [-0.05, 0) is 45.7 Å². The summed E-state index contributed by atoms with van der Waals surface area (Å²) in [7, 11) is 0. The van der Waals surface area contributed by atoms with E-state index in [2.05, 4.69) is 41.9 Å². The summed E-state index contributed by atoms with van der Waals surface area (Å²) in [6.07, 6.45) is 0. The first-order chi connectivity index (χ1) is 6.59. The highest BCUT2D eigenvalue weighted by Crippen LogP contribution is 2.25. The van der Waals surface area contributed by atoms with Crippen LogP contribution in [0.2, 0.25) is 0 Å². The molecule has 74 valence electrons. The van der Waals surface area contributed by atoms with Crippen molar-refractivity contribution < 1.29 is 0 Å². The van der Waals surface area contributed by atoms with Gasteiger partial charge in [-0.1, -0.05) is 0 Å². The zero-order valence-corrected chi connectivity index (χ0v) is 11.6. The molecule has 2 rings (SSSR count). The van der Waals surface area contributed by atoms with E-state index in [0.717, 1.165) is 25.6 Å². The summed E-state index contributed by atoms with van der Waals surface area (Å²) in [5, 5.41) is 7.21. The molecule has 2 heterocycles. The number of halogens is 2. The molecule has 0 saturated heterocycles. The average Bonchev–Trinajstić information content (AvgIpc) is 2.66. The second-order valence-corrected chi connectivity index (χ2v) is 5.29. The molecule has 6 heteroatoms. The molecule has 0 N–H and O–H groups in total. The first-order valence-corrected chi connectivity index (χ1v) is 6.39. The number of hydrogen-bond acceptors (Lipinski definition) is 3. The van der Waals surface area contributed by atoms with Gasteiger partial charge >= 0.3 is 0 Å². The third-order valence-electron chi connectivity index (χ3n) is 1.85. The Bertz CT molecular complexity index is 475. The molecule has 0 amide bonds. The van der Waals surface area contributed by atoms with Gasteiger partial charge in [0.05, 0.1) is 15.9 Å². The molecule has 0 unspecified atom stereocenters. The van der Waals surface area contributed by atoms with Crippen LogP contribution in [0.4, 0.5) is 0 Å². The van der Waals surface area contributed by atoms with E-state index in [1.807, 2.05) is 23.9 Å².